The molecule has 2 aromatic rings. The number of aliphatic hydroxyl groups is 1. The minimum absolute atomic E-state index is 0.0123. The highest BCUT2D eigenvalue weighted by molar-refractivity contribution is 6.31. The van der Waals surface area contributed by atoms with Gasteiger partial charge in [0.25, 0.3) is 0 Å². The van der Waals surface area contributed by atoms with Crippen molar-refractivity contribution in [3.05, 3.63) is 64.9 Å². The zero-order chi connectivity index (χ0) is 17.3. The largest absolute Gasteiger partial charge is 0.381 e. The van der Waals surface area contributed by atoms with Crippen LogP contribution in [0.3, 0.4) is 0 Å². The van der Waals surface area contributed by atoms with Crippen molar-refractivity contribution in [1.82, 2.24) is 9.88 Å². The van der Waals surface area contributed by atoms with E-state index < -0.39 is 5.60 Å². The van der Waals surface area contributed by atoms with Crippen LogP contribution in [0.5, 0.6) is 0 Å². The van der Waals surface area contributed by atoms with Gasteiger partial charge in [-0.25, -0.2) is 0 Å². The topological polar surface area (TPSA) is 53.4 Å². The van der Waals surface area contributed by atoms with E-state index in [0.717, 1.165) is 11.1 Å². The average Bonchev–Trinajstić information content (AvgIpc) is 2.58. The van der Waals surface area contributed by atoms with Gasteiger partial charge in [-0.05, 0) is 23.6 Å². The molecule has 126 valence electrons. The molecule has 1 aliphatic rings. The number of pyridine rings is 1. The van der Waals surface area contributed by atoms with Crippen LogP contribution >= 0.6 is 11.6 Å². The number of amides is 1. The highest BCUT2D eigenvalue weighted by atomic mass is 35.5. The van der Waals surface area contributed by atoms with Gasteiger partial charge in [-0.1, -0.05) is 49.7 Å². The first-order chi connectivity index (χ1) is 11.4. The Morgan fingerprint density at radius 1 is 1.25 bits per heavy atom. The van der Waals surface area contributed by atoms with Crippen molar-refractivity contribution in [2.45, 2.75) is 25.4 Å². The molecule has 5 heteroatoms. The highest BCUT2D eigenvalue weighted by Crippen LogP contribution is 2.36. The summed E-state index contributed by atoms with van der Waals surface area (Å²) in [6, 6.07) is 11.2. The number of likely N-dealkylation sites (tertiary alicyclic amines) is 1. The lowest BCUT2D eigenvalue weighted by Crippen LogP contribution is -2.62. The number of rotatable bonds is 4. The third kappa shape index (κ3) is 3.04. The quantitative estimate of drug-likeness (QED) is 0.926. The summed E-state index contributed by atoms with van der Waals surface area (Å²) in [6.45, 7) is 4.53. The normalized spacial score (nSPS) is 18.6. The minimum atomic E-state index is -0.989. The monoisotopic (exact) mass is 344 g/mol. The van der Waals surface area contributed by atoms with Crippen LogP contribution in [0.15, 0.2) is 48.8 Å². The van der Waals surface area contributed by atoms with E-state index in [1.54, 1.807) is 23.4 Å². The first kappa shape index (κ1) is 16.9. The van der Waals surface area contributed by atoms with Gasteiger partial charge in [0, 0.05) is 28.9 Å². The molecule has 0 bridgehead atoms. The first-order valence-corrected chi connectivity index (χ1v) is 8.46. The molecule has 1 saturated heterocycles. The second-order valence-electron chi connectivity index (χ2n) is 6.57. The summed E-state index contributed by atoms with van der Waals surface area (Å²) in [6.07, 6.45) is 3.32. The summed E-state index contributed by atoms with van der Waals surface area (Å²) in [4.78, 5) is 18.5. The summed E-state index contributed by atoms with van der Waals surface area (Å²) in [7, 11) is 0. The maximum absolute atomic E-state index is 12.7. The molecule has 1 aliphatic heterocycles. The number of β-amino-alcohol motifs (C(OH)–C–C–N with tert-alkyl or cyclic N) is 1. The number of benzene rings is 1. The van der Waals surface area contributed by atoms with Crippen molar-refractivity contribution in [1.29, 1.82) is 0 Å². The molecule has 3 rings (SSSR count). The molecule has 0 spiro atoms. The standard InChI is InChI=1S/C19H21ClN2O2/c1-13(16-7-3-4-8-17(16)20)14(2)18(23)22-11-19(24,12-22)15-6-5-9-21-10-15/h3-10,13-14,24H,11-12H2,1-2H3. The van der Waals surface area contributed by atoms with Gasteiger partial charge < -0.3 is 10.0 Å². The molecular weight excluding hydrogens is 324 g/mol. The van der Waals surface area contributed by atoms with Gasteiger partial charge in [-0.3, -0.25) is 9.78 Å². The Kier molecular flexibility index (Phi) is 4.61. The molecular formula is C19H21ClN2O2. The highest BCUT2D eigenvalue weighted by Gasteiger charge is 2.46. The summed E-state index contributed by atoms with van der Waals surface area (Å²) in [5.74, 6) is -0.155. The molecule has 0 saturated carbocycles. The second kappa shape index (κ2) is 6.54. The van der Waals surface area contributed by atoms with Crippen LogP contribution in [-0.4, -0.2) is 34.0 Å². The van der Waals surface area contributed by atoms with Crippen molar-refractivity contribution >= 4 is 17.5 Å². The number of carbonyl (C=O) groups excluding carboxylic acids is 1. The Labute approximate surface area is 147 Å². The van der Waals surface area contributed by atoms with Gasteiger partial charge in [0.1, 0.15) is 5.60 Å². The van der Waals surface area contributed by atoms with Gasteiger partial charge in [0.15, 0.2) is 0 Å². The Balaban J connectivity index is 1.67. The van der Waals surface area contributed by atoms with E-state index in [-0.39, 0.29) is 17.7 Å². The van der Waals surface area contributed by atoms with E-state index >= 15 is 0 Å². The summed E-state index contributed by atoms with van der Waals surface area (Å²) < 4.78 is 0. The van der Waals surface area contributed by atoms with E-state index in [1.165, 1.54) is 0 Å². The molecule has 1 N–H and O–H groups in total. The predicted octanol–water partition coefficient (Wildman–Crippen LogP) is 3.20. The fraction of sp³-hybridized carbons (Fsp3) is 0.368. The average molecular weight is 345 g/mol. The van der Waals surface area contributed by atoms with Crippen LogP contribution in [-0.2, 0) is 10.4 Å². The van der Waals surface area contributed by atoms with Crippen LogP contribution in [0, 0.1) is 5.92 Å². The fourth-order valence-electron chi connectivity index (χ4n) is 3.18. The molecule has 1 aromatic carbocycles. The van der Waals surface area contributed by atoms with E-state index in [0.29, 0.717) is 18.1 Å². The number of nitrogens with zero attached hydrogens (tertiary/aromatic N) is 2. The maximum Gasteiger partial charge on any atom is 0.226 e. The molecule has 1 aromatic heterocycles. The minimum Gasteiger partial charge on any atom is -0.381 e. The molecule has 2 atom stereocenters. The van der Waals surface area contributed by atoms with Crippen molar-refractivity contribution < 1.29 is 9.90 Å². The number of aromatic nitrogens is 1. The molecule has 0 aliphatic carbocycles. The van der Waals surface area contributed by atoms with Crippen LogP contribution in [0.2, 0.25) is 5.02 Å². The van der Waals surface area contributed by atoms with Crippen LogP contribution in [0.25, 0.3) is 0 Å². The summed E-state index contributed by atoms with van der Waals surface area (Å²) >= 11 is 6.25. The second-order valence-corrected chi connectivity index (χ2v) is 6.97. The lowest BCUT2D eigenvalue weighted by Gasteiger charge is -2.47. The van der Waals surface area contributed by atoms with E-state index in [1.807, 2.05) is 44.2 Å². The smallest absolute Gasteiger partial charge is 0.226 e. The van der Waals surface area contributed by atoms with E-state index in [2.05, 4.69) is 4.98 Å². The number of hydrogen-bond donors (Lipinski definition) is 1. The number of hydrogen-bond acceptors (Lipinski definition) is 3. The van der Waals surface area contributed by atoms with Gasteiger partial charge in [-0.2, -0.15) is 0 Å². The zero-order valence-electron chi connectivity index (χ0n) is 13.8. The van der Waals surface area contributed by atoms with Crippen LogP contribution in [0.4, 0.5) is 0 Å². The lowest BCUT2D eigenvalue weighted by atomic mass is 9.83. The van der Waals surface area contributed by atoms with Crippen molar-refractivity contribution in [3.8, 4) is 0 Å². The van der Waals surface area contributed by atoms with Gasteiger partial charge >= 0.3 is 0 Å². The van der Waals surface area contributed by atoms with Crippen LogP contribution < -0.4 is 0 Å². The molecule has 2 heterocycles. The van der Waals surface area contributed by atoms with E-state index in [9.17, 15) is 9.90 Å². The fourth-order valence-corrected chi connectivity index (χ4v) is 3.49. The molecule has 0 radical (unpaired) electrons. The summed E-state index contributed by atoms with van der Waals surface area (Å²) in [5, 5.41) is 11.3. The summed E-state index contributed by atoms with van der Waals surface area (Å²) in [5.41, 5.74) is 0.737. The lowest BCUT2D eigenvalue weighted by molar-refractivity contribution is -0.161. The molecule has 1 fully saturated rings. The Hall–Kier alpha value is -1.91. The first-order valence-electron chi connectivity index (χ1n) is 8.08. The molecule has 1 amide bonds. The molecule has 4 nitrogen and oxygen atoms in total. The van der Waals surface area contributed by atoms with Gasteiger partial charge in [0.2, 0.25) is 5.91 Å². The predicted molar refractivity (Wildman–Crippen MR) is 93.7 cm³/mol. The van der Waals surface area contributed by atoms with Crippen molar-refractivity contribution in [2.75, 3.05) is 13.1 Å². The SMILES string of the molecule is CC(C(=O)N1CC(O)(c2cccnc2)C1)C(C)c1ccccc1Cl. The van der Waals surface area contributed by atoms with E-state index in [4.69, 9.17) is 11.6 Å². The maximum atomic E-state index is 12.7. The van der Waals surface area contributed by atoms with Gasteiger partial charge in [0.05, 0.1) is 13.1 Å². The van der Waals surface area contributed by atoms with Crippen molar-refractivity contribution in [3.63, 3.8) is 0 Å². The third-order valence-electron chi connectivity index (χ3n) is 4.95. The van der Waals surface area contributed by atoms with Crippen molar-refractivity contribution in [2.24, 2.45) is 5.92 Å². The van der Waals surface area contributed by atoms with Gasteiger partial charge in [-0.15, -0.1) is 0 Å². The van der Waals surface area contributed by atoms with Crippen LogP contribution in [0.1, 0.15) is 30.9 Å². The molecule has 24 heavy (non-hydrogen) atoms. The Morgan fingerprint density at radius 2 is 1.96 bits per heavy atom. The zero-order valence-corrected chi connectivity index (χ0v) is 14.6. The number of carbonyl (C=O) groups is 1. The third-order valence-corrected chi connectivity index (χ3v) is 5.29. The molecule has 2 unspecified atom stereocenters. The number of halogens is 1. The Morgan fingerprint density at radius 3 is 2.58 bits per heavy atom. The Bertz CT molecular complexity index is 729.